The summed E-state index contributed by atoms with van der Waals surface area (Å²) in [5, 5.41) is 11.4. The molecule has 7 nitrogen and oxygen atoms in total. The summed E-state index contributed by atoms with van der Waals surface area (Å²) in [6.07, 6.45) is 1.42. The fraction of sp³-hybridized carbons (Fsp3) is 0.324. The molecular formula is C71H72O7. The minimum atomic E-state index is -0.844. The molecule has 2 aliphatic carbocycles. The van der Waals surface area contributed by atoms with E-state index < -0.39 is 17.3 Å². The molecule has 0 saturated carbocycles. The van der Waals surface area contributed by atoms with Gasteiger partial charge >= 0.3 is 0 Å². The fourth-order valence-corrected chi connectivity index (χ4v) is 12.6. The van der Waals surface area contributed by atoms with E-state index in [0.29, 0.717) is 30.8 Å². The van der Waals surface area contributed by atoms with Crippen molar-refractivity contribution in [1.82, 2.24) is 0 Å². The monoisotopic (exact) mass is 1040 g/mol. The van der Waals surface area contributed by atoms with Crippen molar-refractivity contribution in [2.75, 3.05) is 39.6 Å². The second kappa shape index (κ2) is 21.1. The number of ether oxygens (including phenoxy) is 6. The van der Waals surface area contributed by atoms with Crippen molar-refractivity contribution in [2.45, 2.75) is 107 Å². The molecule has 12 rings (SSSR count). The summed E-state index contributed by atoms with van der Waals surface area (Å²) < 4.78 is 36.1. The minimum Gasteiger partial charge on any atom is -0.491 e. The van der Waals surface area contributed by atoms with Gasteiger partial charge in [0.2, 0.25) is 0 Å². The molecule has 78 heavy (non-hydrogen) atoms. The molecule has 0 spiro atoms. The summed E-state index contributed by atoms with van der Waals surface area (Å²) in [5.74, 6) is 2.21. The number of hydrogen-bond donors (Lipinski definition) is 1. The van der Waals surface area contributed by atoms with Gasteiger partial charge in [0.25, 0.3) is 0 Å². The summed E-state index contributed by atoms with van der Waals surface area (Å²) in [5.41, 5.74) is 15.5. The molecule has 7 heteroatoms. The van der Waals surface area contributed by atoms with E-state index in [9.17, 15) is 5.11 Å². The summed E-state index contributed by atoms with van der Waals surface area (Å²) >= 11 is 0. The highest BCUT2D eigenvalue weighted by atomic mass is 16.6. The SMILES string of the molecule is CC1CC(c2ccc(OCC3CO3)cc2)(c2ccc(C(C)(C)OCC(O)COc3ccc(C4(c5ccc(C(C)(C)OCC6CO6)cc5)CC(C)c5cc(-c6ccccc6)ccc54)cc3)cc2)c2ccc(-c3ccccc3)cc21. The molecule has 7 atom stereocenters. The molecule has 0 bridgehead atoms. The number of benzene rings is 8. The molecule has 2 heterocycles. The summed E-state index contributed by atoms with van der Waals surface area (Å²) in [4.78, 5) is 0. The quantitative estimate of drug-likeness (QED) is 0.0762. The molecular weight excluding hydrogens is 965 g/mol. The Labute approximate surface area is 461 Å². The lowest BCUT2D eigenvalue weighted by molar-refractivity contribution is -0.0717. The van der Waals surface area contributed by atoms with E-state index in [1.807, 2.05) is 12.1 Å². The Balaban J connectivity index is 0.748. The minimum absolute atomic E-state index is 0.0954. The lowest BCUT2D eigenvalue weighted by atomic mass is 9.69. The molecule has 2 saturated heterocycles. The van der Waals surface area contributed by atoms with E-state index in [4.69, 9.17) is 28.4 Å². The maximum absolute atomic E-state index is 11.4. The predicted molar refractivity (Wildman–Crippen MR) is 310 cm³/mol. The number of epoxide rings is 2. The van der Waals surface area contributed by atoms with Crippen LogP contribution in [0.3, 0.4) is 0 Å². The van der Waals surface area contributed by atoms with Gasteiger partial charge < -0.3 is 33.5 Å². The number of rotatable bonds is 20. The maximum atomic E-state index is 11.4. The van der Waals surface area contributed by atoms with E-state index in [1.165, 1.54) is 66.8 Å². The Morgan fingerprint density at radius 3 is 1.29 bits per heavy atom. The van der Waals surface area contributed by atoms with Crippen LogP contribution in [0.5, 0.6) is 11.5 Å². The Hall–Kier alpha value is -6.84. The molecule has 7 unspecified atom stereocenters. The van der Waals surface area contributed by atoms with Crippen LogP contribution in [-0.4, -0.2) is 63.1 Å². The molecule has 0 amide bonds. The summed E-state index contributed by atoms with van der Waals surface area (Å²) in [6, 6.07) is 70.6. The van der Waals surface area contributed by atoms with Gasteiger partial charge in [-0.2, -0.15) is 0 Å². The highest BCUT2D eigenvalue weighted by molar-refractivity contribution is 5.70. The maximum Gasteiger partial charge on any atom is 0.119 e. The van der Waals surface area contributed by atoms with Gasteiger partial charge in [-0.25, -0.2) is 0 Å². The Bertz CT molecular complexity index is 3340. The number of aliphatic hydroxyl groups excluding tert-OH is 1. The van der Waals surface area contributed by atoms with Crippen LogP contribution in [0, 0.1) is 0 Å². The lowest BCUT2D eigenvalue weighted by Gasteiger charge is -2.34. The van der Waals surface area contributed by atoms with Crippen LogP contribution in [0.15, 0.2) is 194 Å². The molecule has 0 aromatic heterocycles. The predicted octanol–water partition coefficient (Wildman–Crippen LogP) is 14.8. The first-order valence-corrected chi connectivity index (χ1v) is 28.1. The average molecular weight is 1040 g/mol. The van der Waals surface area contributed by atoms with Crippen molar-refractivity contribution in [3.63, 3.8) is 0 Å². The van der Waals surface area contributed by atoms with Gasteiger partial charge in [0.1, 0.15) is 43.0 Å². The van der Waals surface area contributed by atoms with Crippen LogP contribution in [0.4, 0.5) is 0 Å². The summed E-state index contributed by atoms with van der Waals surface area (Å²) in [7, 11) is 0. The standard InChI is InChI=1S/C71H72O7/c1-47-39-70(66-35-17-51(37-64(47)66)49-13-9-7-10-14-49,56-25-21-54(22-26-56)69(5,6)78-46-63-45-76-63)57-27-31-60(32-28-57)73-41-59(72)42-77-68(3,4)53-19-23-55(24-20-53)71(58-29-33-61(34-30-58)74-43-62-44-75-62)40-48(2)65-38-52(18-36-67(65)71)50-15-11-8-12-16-50/h7-38,47-48,59,62-63,72H,39-46H2,1-6H3. The van der Waals surface area contributed by atoms with E-state index >= 15 is 0 Å². The second-order valence-electron chi connectivity index (χ2n) is 23.4. The third kappa shape index (κ3) is 10.2. The van der Waals surface area contributed by atoms with E-state index in [0.717, 1.165) is 42.9 Å². The molecule has 8 aromatic rings. The highest BCUT2D eigenvalue weighted by Gasteiger charge is 2.47. The van der Waals surface area contributed by atoms with Gasteiger partial charge in [-0.15, -0.1) is 0 Å². The largest absolute Gasteiger partial charge is 0.491 e. The van der Waals surface area contributed by atoms with Gasteiger partial charge in [-0.05, 0) is 155 Å². The Morgan fingerprint density at radius 2 is 0.859 bits per heavy atom. The zero-order valence-corrected chi connectivity index (χ0v) is 45.9. The van der Waals surface area contributed by atoms with Gasteiger partial charge in [0.15, 0.2) is 0 Å². The fourth-order valence-electron chi connectivity index (χ4n) is 12.6. The van der Waals surface area contributed by atoms with Gasteiger partial charge in [0.05, 0.1) is 37.6 Å². The Morgan fingerprint density at radius 1 is 0.462 bits per heavy atom. The van der Waals surface area contributed by atoms with Crippen LogP contribution in [0.25, 0.3) is 22.3 Å². The van der Waals surface area contributed by atoms with Crippen LogP contribution in [0.1, 0.15) is 122 Å². The van der Waals surface area contributed by atoms with Crippen molar-refractivity contribution in [2.24, 2.45) is 0 Å². The molecule has 2 fully saturated rings. The van der Waals surface area contributed by atoms with E-state index in [2.05, 4.69) is 224 Å². The average Bonchev–Trinajstić information content (AvgIpc) is 4.61. The van der Waals surface area contributed by atoms with Gasteiger partial charge in [-0.3, -0.25) is 0 Å². The third-order valence-electron chi connectivity index (χ3n) is 17.3. The zero-order chi connectivity index (χ0) is 53.7. The zero-order valence-electron chi connectivity index (χ0n) is 45.9. The number of hydrogen-bond acceptors (Lipinski definition) is 7. The topological polar surface area (TPSA) is 82.2 Å². The van der Waals surface area contributed by atoms with Crippen molar-refractivity contribution in [3.8, 4) is 33.8 Å². The van der Waals surface area contributed by atoms with E-state index in [-0.39, 0.29) is 36.3 Å². The smallest absolute Gasteiger partial charge is 0.119 e. The van der Waals surface area contributed by atoms with E-state index in [1.54, 1.807) is 0 Å². The Kier molecular flexibility index (Phi) is 14.0. The van der Waals surface area contributed by atoms with Crippen LogP contribution >= 0.6 is 0 Å². The second-order valence-corrected chi connectivity index (χ2v) is 23.4. The van der Waals surface area contributed by atoms with Crippen molar-refractivity contribution in [1.29, 1.82) is 0 Å². The lowest BCUT2D eigenvalue weighted by Crippen LogP contribution is -2.31. The molecule has 8 aromatic carbocycles. The molecule has 398 valence electrons. The first-order valence-electron chi connectivity index (χ1n) is 28.1. The molecule has 0 radical (unpaired) electrons. The molecule has 2 aliphatic heterocycles. The highest BCUT2D eigenvalue weighted by Crippen LogP contribution is 2.56. The molecule has 4 aliphatic rings. The van der Waals surface area contributed by atoms with Crippen LogP contribution in [0.2, 0.25) is 0 Å². The van der Waals surface area contributed by atoms with Gasteiger partial charge in [0, 0.05) is 10.8 Å². The number of fused-ring (bicyclic) bond motifs is 2. The normalized spacial score (nSPS) is 22.6. The first kappa shape index (κ1) is 51.9. The molecule has 1 N–H and O–H groups in total. The first-order chi connectivity index (χ1) is 37.8. The third-order valence-corrected chi connectivity index (χ3v) is 17.3. The van der Waals surface area contributed by atoms with Gasteiger partial charge in [-0.1, -0.05) is 184 Å². The van der Waals surface area contributed by atoms with Crippen LogP contribution < -0.4 is 9.47 Å². The van der Waals surface area contributed by atoms with Crippen molar-refractivity contribution >= 4 is 0 Å². The van der Waals surface area contributed by atoms with Crippen molar-refractivity contribution in [3.05, 3.63) is 250 Å². The summed E-state index contributed by atoms with van der Waals surface area (Å²) in [6.45, 7) is 16.0. The van der Waals surface area contributed by atoms with Crippen LogP contribution in [-0.2, 0) is 41.0 Å². The number of aliphatic hydroxyl groups is 1. The van der Waals surface area contributed by atoms with Crippen molar-refractivity contribution < 1.29 is 33.5 Å².